The van der Waals surface area contributed by atoms with Gasteiger partial charge in [-0.05, 0) is 42.0 Å². The minimum Gasteiger partial charge on any atom is -0.380 e. The molecule has 0 bridgehead atoms. The molecule has 1 nitrogen and oxygen atoms in total. The Balaban J connectivity index is 2.27. The lowest BCUT2D eigenvalue weighted by Gasteiger charge is -2.36. The number of alkyl halides is 3. The van der Waals surface area contributed by atoms with Gasteiger partial charge in [0, 0.05) is 5.92 Å². The molecule has 0 radical (unpaired) electrons. The largest absolute Gasteiger partial charge is 0.417 e. The van der Waals surface area contributed by atoms with Crippen molar-refractivity contribution in [2.75, 3.05) is 0 Å². The Morgan fingerprint density at radius 3 is 1.68 bits per heavy atom. The van der Waals surface area contributed by atoms with E-state index in [-0.39, 0.29) is 0 Å². The zero-order chi connectivity index (χ0) is 16.0. The molecule has 0 amide bonds. The zero-order valence-corrected chi connectivity index (χ0v) is 12.2. The van der Waals surface area contributed by atoms with Gasteiger partial charge in [-0.3, -0.25) is 0 Å². The average Bonchev–Trinajstić information content (AvgIpc) is 2.63. The third kappa shape index (κ3) is 2.31. The first kappa shape index (κ1) is 15.1. The predicted octanol–water partition coefficient (Wildman–Crippen LogP) is 4.23. The molecule has 116 valence electrons. The first-order chi connectivity index (χ1) is 10.3. The van der Waals surface area contributed by atoms with E-state index in [1.165, 1.54) is 0 Å². The predicted molar refractivity (Wildman–Crippen MR) is 78.8 cm³/mol. The topological polar surface area (TPSA) is 20.2 Å². The van der Waals surface area contributed by atoms with Crippen molar-refractivity contribution in [2.24, 2.45) is 0 Å². The number of aryl methyl sites for hydroxylation is 2. The molecule has 3 rings (SSSR count). The van der Waals surface area contributed by atoms with Gasteiger partial charge in [-0.1, -0.05) is 48.5 Å². The molecule has 2 aromatic carbocycles. The Labute approximate surface area is 127 Å². The molecule has 1 aliphatic carbocycles. The van der Waals surface area contributed by atoms with Crippen LogP contribution in [0.25, 0.3) is 0 Å². The van der Waals surface area contributed by atoms with E-state index in [0.717, 1.165) is 18.1 Å². The van der Waals surface area contributed by atoms with Crippen LogP contribution < -0.4 is 0 Å². The molecule has 0 saturated heterocycles. The Kier molecular flexibility index (Phi) is 3.52. The molecule has 4 heteroatoms. The molecular weight excluding hydrogens is 289 g/mol. The summed E-state index contributed by atoms with van der Waals surface area (Å²) >= 11 is 0. The van der Waals surface area contributed by atoms with Crippen molar-refractivity contribution in [1.82, 2.24) is 0 Å². The van der Waals surface area contributed by atoms with Crippen LogP contribution in [0.5, 0.6) is 0 Å². The third-order valence-corrected chi connectivity index (χ3v) is 4.53. The number of hydrogen-bond donors (Lipinski definition) is 1. The van der Waals surface area contributed by atoms with Gasteiger partial charge >= 0.3 is 6.18 Å². The van der Waals surface area contributed by atoms with E-state index in [9.17, 15) is 18.3 Å². The van der Waals surface area contributed by atoms with Gasteiger partial charge in [-0.2, -0.15) is 13.2 Å². The van der Waals surface area contributed by atoms with Gasteiger partial charge in [0.2, 0.25) is 0 Å². The Morgan fingerprint density at radius 1 is 0.864 bits per heavy atom. The number of aliphatic hydroxyl groups is 1. The summed E-state index contributed by atoms with van der Waals surface area (Å²) in [7, 11) is 0. The summed E-state index contributed by atoms with van der Waals surface area (Å²) in [5.41, 5.74) is 0.0507. The summed E-state index contributed by atoms with van der Waals surface area (Å²) in [6.07, 6.45) is -3.35. The molecule has 1 atom stereocenters. The van der Waals surface area contributed by atoms with E-state index < -0.39 is 17.7 Å². The van der Waals surface area contributed by atoms with Crippen molar-refractivity contribution in [1.29, 1.82) is 0 Å². The van der Waals surface area contributed by atoms with Crippen molar-refractivity contribution in [3.8, 4) is 0 Å². The summed E-state index contributed by atoms with van der Waals surface area (Å²) in [4.78, 5) is 0. The summed E-state index contributed by atoms with van der Waals surface area (Å²) < 4.78 is 40.5. The van der Waals surface area contributed by atoms with Crippen molar-refractivity contribution < 1.29 is 18.3 Å². The fourth-order valence-electron chi connectivity index (χ4n) is 3.29. The first-order valence-corrected chi connectivity index (χ1v) is 7.27. The molecule has 0 aliphatic heterocycles. The Hall–Kier alpha value is -1.81. The van der Waals surface area contributed by atoms with Crippen molar-refractivity contribution in [2.45, 2.75) is 37.5 Å². The van der Waals surface area contributed by atoms with Gasteiger partial charge in [0.25, 0.3) is 0 Å². The highest BCUT2D eigenvalue weighted by atomic mass is 19.4. The lowest BCUT2D eigenvalue weighted by atomic mass is 9.76. The minimum absolute atomic E-state index is 0.565. The third-order valence-electron chi connectivity index (χ3n) is 4.53. The second-order valence-corrected chi connectivity index (χ2v) is 5.98. The molecule has 1 unspecified atom stereocenters. The number of benzene rings is 2. The van der Waals surface area contributed by atoms with Gasteiger partial charge in [0.15, 0.2) is 5.60 Å². The van der Waals surface area contributed by atoms with Gasteiger partial charge in [0.1, 0.15) is 0 Å². The van der Waals surface area contributed by atoms with E-state index in [1.54, 1.807) is 24.3 Å². The minimum atomic E-state index is -4.71. The molecular formula is C18H17F3O. The van der Waals surface area contributed by atoms with Crippen LogP contribution in [-0.4, -0.2) is 16.9 Å². The van der Waals surface area contributed by atoms with Gasteiger partial charge in [-0.15, -0.1) is 0 Å². The van der Waals surface area contributed by atoms with Crippen LogP contribution in [-0.2, 0) is 12.8 Å². The van der Waals surface area contributed by atoms with Crippen LogP contribution in [0.3, 0.4) is 0 Å². The van der Waals surface area contributed by atoms with Crippen molar-refractivity contribution in [3.05, 3.63) is 70.8 Å². The quantitative estimate of drug-likeness (QED) is 0.836. The number of halogens is 3. The van der Waals surface area contributed by atoms with Gasteiger partial charge < -0.3 is 5.11 Å². The van der Waals surface area contributed by atoms with E-state index in [2.05, 4.69) is 0 Å². The highest BCUT2D eigenvalue weighted by Gasteiger charge is 2.56. The molecule has 0 heterocycles. The molecule has 0 fully saturated rings. The number of rotatable bonds is 1. The highest BCUT2D eigenvalue weighted by molar-refractivity contribution is 5.47. The standard InChI is InChI=1S/C18H17F3O/c1-17(22,18(19,20)21)16-14-8-4-2-6-12(14)10-11-13-7-3-5-9-15(13)16/h2-9,16,22H,10-11H2,1H3. The highest BCUT2D eigenvalue weighted by Crippen LogP contribution is 2.47. The molecule has 2 aromatic rings. The normalized spacial score (nSPS) is 18.0. The first-order valence-electron chi connectivity index (χ1n) is 7.27. The van der Waals surface area contributed by atoms with E-state index in [0.29, 0.717) is 24.0 Å². The SMILES string of the molecule is CC(O)(C1c2ccccc2CCc2ccccc21)C(F)(F)F. The number of fused-ring (bicyclic) bond motifs is 2. The average molecular weight is 306 g/mol. The molecule has 0 saturated carbocycles. The fourth-order valence-corrected chi connectivity index (χ4v) is 3.29. The van der Waals surface area contributed by atoms with E-state index >= 15 is 0 Å². The summed E-state index contributed by atoms with van der Waals surface area (Å²) in [5.74, 6) is -1.11. The summed E-state index contributed by atoms with van der Waals surface area (Å²) in [6.45, 7) is 0.872. The molecule has 22 heavy (non-hydrogen) atoms. The second kappa shape index (κ2) is 5.13. The maximum atomic E-state index is 13.5. The van der Waals surface area contributed by atoms with Crippen molar-refractivity contribution >= 4 is 0 Å². The van der Waals surface area contributed by atoms with Crippen LogP contribution >= 0.6 is 0 Å². The smallest absolute Gasteiger partial charge is 0.380 e. The molecule has 0 aromatic heterocycles. The van der Waals surface area contributed by atoms with Crippen LogP contribution in [0.15, 0.2) is 48.5 Å². The lowest BCUT2D eigenvalue weighted by Crippen LogP contribution is -2.48. The maximum Gasteiger partial charge on any atom is 0.417 e. The Morgan fingerprint density at radius 2 is 1.27 bits per heavy atom. The number of hydrogen-bond acceptors (Lipinski definition) is 1. The van der Waals surface area contributed by atoms with E-state index in [1.807, 2.05) is 24.3 Å². The van der Waals surface area contributed by atoms with Crippen LogP contribution in [0.1, 0.15) is 35.1 Å². The Bertz CT molecular complexity index is 641. The maximum absolute atomic E-state index is 13.5. The second-order valence-electron chi connectivity index (χ2n) is 5.98. The van der Waals surface area contributed by atoms with Gasteiger partial charge in [0.05, 0.1) is 0 Å². The van der Waals surface area contributed by atoms with E-state index in [4.69, 9.17) is 0 Å². The summed E-state index contributed by atoms with van der Waals surface area (Å²) in [6, 6.07) is 14.2. The zero-order valence-electron chi connectivity index (χ0n) is 12.2. The monoisotopic (exact) mass is 306 g/mol. The van der Waals surface area contributed by atoms with Gasteiger partial charge in [-0.25, -0.2) is 0 Å². The lowest BCUT2D eigenvalue weighted by molar-refractivity contribution is -0.257. The van der Waals surface area contributed by atoms with Crippen LogP contribution in [0.4, 0.5) is 13.2 Å². The molecule has 1 N–H and O–H groups in total. The van der Waals surface area contributed by atoms with Crippen molar-refractivity contribution in [3.63, 3.8) is 0 Å². The van der Waals surface area contributed by atoms with Crippen LogP contribution in [0, 0.1) is 0 Å². The van der Waals surface area contributed by atoms with Crippen LogP contribution in [0.2, 0.25) is 0 Å². The molecule has 0 spiro atoms. The summed E-state index contributed by atoms with van der Waals surface area (Å²) in [5, 5.41) is 10.4. The molecule has 1 aliphatic rings. The fraction of sp³-hybridized carbons (Fsp3) is 0.333.